The fourth-order valence-corrected chi connectivity index (χ4v) is 0.923. The van der Waals surface area contributed by atoms with Gasteiger partial charge in [-0.15, -0.1) is 0 Å². The average Bonchev–Trinajstić information content (AvgIpc) is 2.62. The lowest BCUT2D eigenvalue weighted by Crippen LogP contribution is -1.99. The van der Waals surface area contributed by atoms with E-state index in [2.05, 4.69) is 10.1 Å². The lowest BCUT2D eigenvalue weighted by atomic mass is 10.2. The third-order valence-corrected chi connectivity index (χ3v) is 1.89. The van der Waals surface area contributed by atoms with Gasteiger partial charge in [-0.1, -0.05) is 5.16 Å². The highest BCUT2D eigenvalue weighted by Crippen LogP contribution is 2.12. The fourth-order valence-electron chi connectivity index (χ4n) is 0.923. The van der Waals surface area contributed by atoms with E-state index in [1.165, 1.54) is 6.92 Å². The van der Waals surface area contributed by atoms with Crippen LogP contribution in [-0.2, 0) is 16.0 Å². The van der Waals surface area contributed by atoms with Crippen LogP contribution in [0.2, 0.25) is 0 Å². The molecule has 1 rings (SSSR count). The summed E-state index contributed by atoms with van der Waals surface area (Å²) in [6.07, 6.45) is 0.756. The molecular weight excluding hydrogens is 184 g/mol. The molecule has 0 N–H and O–H groups in total. The van der Waals surface area contributed by atoms with Crippen molar-refractivity contribution in [3.8, 4) is 0 Å². The second-order valence-electron chi connectivity index (χ2n) is 3.13. The summed E-state index contributed by atoms with van der Waals surface area (Å²) in [4.78, 5) is 14.8. The highest BCUT2D eigenvalue weighted by Gasteiger charge is 2.12. The Morgan fingerprint density at radius 2 is 2.36 bits per heavy atom. The van der Waals surface area contributed by atoms with Crippen molar-refractivity contribution >= 4 is 5.78 Å². The summed E-state index contributed by atoms with van der Waals surface area (Å²) in [5, 5.41) is 3.74. The summed E-state index contributed by atoms with van der Waals surface area (Å²) >= 11 is 0. The molecule has 0 spiro atoms. The number of hydrogen-bond acceptors (Lipinski definition) is 5. The summed E-state index contributed by atoms with van der Waals surface area (Å²) < 4.78 is 9.97. The third kappa shape index (κ3) is 2.92. The van der Waals surface area contributed by atoms with E-state index in [-0.39, 0.29) is 11.9 Å². The molecule has 0 aromatic carbocycles. The number of carbonyl (C=O) groups is 1. The van der Waals surface area contributed by atoms with Crippen molar-refractivity contribution in [3.05, 3.63) is 11.7 Å². The molecule has 0 aliphatic rings. The fraction of sp³-hybridized carbons (Fsp3) is 0.667. The van der Waals surface area contributed by atoms with Crippen LogP contribution in [0.25, 0.3) is 0 Å². The standard InChI is InChI=1S/C9H14N2O3/c1-6(12)4-5-8-10-9(11-14-8)7(2)13-3/h7H,4-5H2,1-3H3. The number of Topliss-reactive ketones (excluding diaryl/α,β-unsaturated/α-hetero) is 1. The van der Waals surface area contributed by atoms with Gasteiger partial charge < -0.3 is 14.1 Å². The lowest BCUT2D eigenvalue weighted by Gasteiger charge is -2.00. The van der Waals surface area contributed by atoms with Gasteiger partial charge in [-0.3, -0.25) is 0 Å². The van der Waals surface area contributed by atoms with Crippen molar-refractivity contribution < 1.29 is 14.1 Å². The van der Waals surface area contributed by atoms with Gasteiger partial charge in [0.2, 0.25) is 5.89 Å². The minimum atomic E-state index is -0.176. The van der Waals surface area contributed by atoms with E-state index in [9.17, 15) is 4.79 Å². The molecule has 0 saturated heterocycles. The summed E-state index contributed by atoms with van der Waals surface area (Å²) in [7, 11) is 1.58. The van der Waals surface area contributed by atoms with E-state index < -0.39 is 0 Å². The van der Waals surface area contributed by atoms with Gasteiger partial charge in [-0.25, -0.2) is 0 Å². The van der Waals surface area contributed by atoms with Gasteiger partial charge in [0.1, 0.15) is 11.9 Å². The van der Waals surface area contributed by atoms with E-state index in [1.54, 1.807) is 7.11 Å². The monoisotopic (exact) mass is 198 g/mol. The first-order valence-electron chi connectivity index (χ1n) is 4.48. The minimum absolute atomic E-state index is 0.115. The maximum atomic E-state index is 10.7. The molecule has 1 aromatic heterocycles. The Hall–Kier alpha value is -1.23. The van der Waals surface area contributed by atoms with Gasteiger partial charge in [-0.2, -0.15) is 4.98 Å². The first kappa shape index (κ1) is 10.8. The average molecular weight is 198 g/mol. The van der Waals surface area contributed by atoms with Gasteiger partial charge in [0.15, 0.2) is 5.82 Å². The number of ether oxygens (including phenoxy) is 1. The summed E-state index contributed by atoms with van der Waals surface area (Å²) in [6, 6.07) is 0. The number of methoxy groups -OCH3 is 1. The quantitative estimate of drug-likeness (QED) is 0.713. The minimum Gasteiger partial charge on any atom is -0.374 e. The molecule has 78 valence electrons. The molecule has 1 aromatic rings. The Balaban J connectivity index is 2.54. The van der Waals surface area contributed by atoms with Crippen LogP contribution in [0.3, 0.4) is 0 Å². The van der Waals surface area contributed by atoms with Crippen LogP contribution in [0.1, 0.15) is 38.1 Å². The first-order valence-corrected chi connectivity index (χ1v) is 4.48. The zero-order valence-electron chi connectivity index (χ0n) is 8.61. The second kappa shape index (κ2) is 4.85. The zero-order chi connectivity index (χ0) is 10.6. The smallest absolute Gasteiger partial charge is 0.227 e. The number of ketones is 1. The van der Waals surface area contributed by atoms with Crippen molar-refractivity contribution in [1.82, 2.24) is 10.1 Å². The summed E-state index contributed by atoms with van der Waals surface area (Å²) in [5.74, 6) is 1.12. The van der Waals surface area contributed by atoms with Crippen molar-refractivity contribution in [1.29, 1.82) is 0 Å². The number of nitrogens with zero attached hydrogens (tertiary/aromatic N) is 2. The number of aryl methyl sites for hydroxylation is 1. The molecule has 0 fully saturated rings. The summed E-state index contributed by atoms with van der Waals surface area (Å²) in [5.41, 5.74) is 0. The molecular formula is C9H14N2O3. The molecule has 14 heavy (non-hydrogen) atoms. The molecule has 0 saturated carbocycles. The molecule has 5 heteroatoms. The Bertz CT molecular complexity index is 309. The Labute approximate surface area is 82.4 Å². The normalized spacial score (nSPS) is 12.8. The van der Waals surface area contributed by atoms with E-state index in [0.717, 1.165) is 0 Å². The Morgan fingerprint density at radius 3 is 2.93 bits per heavy atom. The van der Waals surface area contributed by atoms with Crippen LogP contribution in [0.5, 0.6) is 0 Å². The first-order chi connectivity index (χ1) is 6.63. The largest absolute Gasteiger partial charge is 0.374 e. The summed E-state index contributed by atoms with van der Waals surface area (Å²) in [6.45, 7) is 3.37. The number of carbonyl (C=O) groups excluding carboxylic acids is 1. The van der Waals surface area contributed by atoms with Crippen molar-refractivity contribution in [2.75, 3.05) is 7.11 Å². The van der Waals surface area contributed by atoms with Crippen LogP contribution >= 0.6 is 0 Å². The van der Waals surface area contributed by atoms with Gasteiger partial charge >= 0.3 is 0 Å². The van der Waals surface area contributed by atoms with Crippen LogP contribution in [-0.4, -0.2) is 23.0 Å². The number of hydrogen-bond donors (Lipinski definition) is 0. The molecule has 1 unspecified atom stereocenters. The molecule has 0 aliphatic heterocycles. The highest BCUT2D eigenvalue weighted by molar-refractivity contribution is 5.75. The molecule has 1 heterocycles. The molecule has 0 bridgehead atoms. The van der Waals surface area contributed by atoms with Gasteiger partial charge in [-0.05, 0) is 13.8 Å². The zero-order valence-corrected chi connectivity index (χ0v) is 8.61. The molecule has 0 amide bonds. The van der Waals surface area contributed by atoms with Gasteiger partial charge in [0, 0.05) is 20.0 Å². The SMILES string of the molecule is COC(C)c1noc(CCC(C)=O)n1. The van der Waals surface area contributed by atoms with Crippen molar-refractivity contribution in [2.45, 2.75) is 32.8 Å². The van der Waals surface area contributed by atoms with E-state index in [1.807, 2.05) is 6.92 Å². The Kier molecular flexibility index (Phi) is 3.76. The molecule has 5 nitrogen and oxygen atoms in total. The second-order valence-corrected chi connectivity index (χ2v) is 3.13. The third-order valence-electron chi connectivity index (χ3n) is 1.89. The van der Waals surface area contributed by atoms with E-state index in [4.69, 9.17) is 9.26 Å². The van der Waals surface area contributed by atoms with Gasteiger partial charge in [0.05, 0.1) is 0 Å². The maximum absolute atomic E-state index is 10.7. The Morgan fingerprint density at radius 1 is 1.64 bits per heavy atom. The van der Waals surface area contributed by atoms with E-state index in [0.29, 0.717) is 24.6 Å². The van der Waals surface area contributed by atoms with Crippen LogP contribution in [0.4, 0.5) is 0 Å². The highest BCUT2D eigenvalue weighted by atomic mass is 16.5. The molecule has 0 radical (unpaired) electrons. The lowest BCUT2D eigenvalue weighted by molar-refractivity contribution is -0.117. The predicted molar refractivity (Wildman–Crippen MR) is 48.7 cm³/mol. The van der Waals surface area contributed by atoms with Crippen molar-refractivity contribution in [2.24, 2.45) is 0 Å². The number of rotatable bonds is 5. The van der Waals surface area contributed by atoms with Crippen LogP contribution < -0.4 is 0 Å². The molecule has 1 atom stereocenters. The van der Waals surface area contributed by atoms with Crippen LogP contribution in [0, 0.1) is 0 Å². The predicted octanol–water partition coefficient (Wildman–Crippen LogP) is 1.30. The van der Waals surface area contributed by atoms with E-state index >= 15 is 0 Å². The van der Waals surface area contributed by atoms with Gasteiger partial charge in [0.25, 0.3) is 0 Å². The molecule has 0 aliphatic carbocycles. The van der Waals surface area contributed by atoms with Crippen molar-refractivity contribution in [3.63, 3.8) is 0 Å². The maximum Gasteiger partial charge on any atom is 0.227 e. The number of aromatic nitrogens is 2. The van der Waals surface area contributed by atoms with Crippen LogP contribution in [0.15, 0.2) is 4.52 Å². The topological polar surface area (TPSA) is 65.2 Å².